The number of halogens is 3. The number of amides is 2. The van der Waals surface area contributed by atoms with E-state index in [0.29, 0.717) is 12.1 Å². The largest absolute Gasteiger partial charge is 0.416 e. The Balaban J connectivity index is 1.53. The van der Waals surface area contributed by atoms with Crippen molar-refractivity contribution in [3.05, 3.63) is 82.1 Å². The zero-order valence-electron chi connectivity index (χ0n) is 16.7. The molecule has 0 bridgehead atoms. The number of nitrogens with one attached hydrogen (secondary N) is 2. The van der Waals surface area contributed by atoms with E-state index >= 15 is 0 Å². The van der Waals surface area contributed by atoms with Crippen LogP contribution in [-0.4, -0.2) is 22.4 Å². The lowest BCUT2D eigenvalue weighted by Gasteiger charge is -2.11. The first kappa shape index (κ1) is 22.1. The highest BCUT2D eigenvalue weighted by Crippen LogP contribution is 2.30. The van der Waals surface area contributed by atoms with E-state index in [4.69, 9.17) is 0 Å². The number of hydrogen-bond donors (Lipinski definition) is 2. The number of carbonyl (C=O) groups excluding carboxylic acids is 1. The van der Waals surface area contributed by atoms with E-state index in [0.717, 1.165) is 23.3 Å². The molecule has 2 N–H and O–H groups in total. The van der Waals surface area contributed by atoms with Crippen LogP contribution >= 0.6 is 0 Å². The Morgan fingerprint density at radius 3 is 2.52 bits per heavy atom. The molecule has 9 heteroatoms. The lowest BCUT2D eigenvalue weighted by Crippen LogP contribution is -2.31. The van der Waals surface area contributed by atoms with Gasteiger partial charge >= 0.3 is 12.2 Å². The number of anilines is 1. The number of rotatable bonds is 6. The van der Waals surface area contributed by atoms with Gasteiger partial charge in [-0.2, -0.15) is 18.3 Å². The Kier molecular flexibility index (Phi) is 6.74. The zero-order valence-corrected chi connectivity index (χ0v) is 16.7. The highest BCUT2D eigenvalue weighted by Gasteiger charge is 2.30. The van der Waals surface area contributed by atoms with Crippen molar-refractivity contribution >= 4 is 11.7 Å². The van der Waals surface area contributed by atoms with Crippen molar-refractivity contribution in [3.63, 3.8) is 0 Å². The van der Waals surface area contributed by atoms with Gasteiger partial charge in [0.25, 0.3) is 5.56 Å². The van der Waals surface area contributed by atoms with Crippen molar-refractivity contribution in [2.24, 2.45) is 0 Å². The number of hydrogen-bond acceptors (Lipinski definition) is 3. The minimum atomic E-state index is -4.48. The van der Waals surface area contributed by atoms with Gasteiger partial charge in [0.05, 0.1) is 11.3 Å². The van der Waals surface area contributed by atoms with Crippen molar-refractivity contribution < 1.29 is 18.0 Å². The molecule has 2 amide bonds. The summed E-state index contributed by atoms with van der Waals surface area (Å²) >= 11 is 0. The number of carbonyl (C=O) groups is 1. The lowest BCUT2D eigenvalue weighted by molar-refractivity contribution is -0.137. The summed E-state index contributed by atoms with van der Waals surface area (Å²) in [5, 5.41) is 9.28. The average Bonchev–Trinajstić information content (AvgIpc) is 2.72. The third-order valence-electron chi connectivity index (χ3n) is 4.49. The standard InChI is InChI=1S/C22H21F3N4O2/c1-15-6-8-16(9-7-15)19-10-11-20(30)29(28-19)13-3-12-26-21(31)27-18-5-2-4-17(14-18)22(23,24)25/h2,4-11,14H,3,12-13H2,1H3,(H2,26,27,31). The molecule has 1 heterocycles. The SMILES string of the molecule is Cc1ccc(-c2ccc(=O)n(CCCNC(=O)Nc3cccc(C(F)(F)F)c3)n2)cc1. The summed E-state index contributed by atoms with van der Waals surface area (Å²) in [4.78, 5) is 24.0. The van der Waals surface area contributed by atoms with Crippen LogP contribution in [0, 0.1) is 6.92 Å². The first-order chi connectivity index (χ1) is 14.7. The van der Waals surface area contributed by atoms with Gasteiger partial charge in [0.15, 0.2) is 0 Å². The molecule has 0 aliphatic rings. The normalized spacial score (nSPS) is 11.2. The molecule has 0 saturated heterocycles. The van der Waals surface area contributed by atoms with Crippen LogP contribution in [0.4, 0.5) is 23.7 Å². The van der Waals surface area contributed by atoms with E-state index in [9.17, 15) is 22.8 Å². The molecule has 0 unspecified atom stereocenters. The van der Waals surface area contributed by atoms with E-state index in [1.165, 1.54) is 22.9 Å². The molecule has 31 heavy (non-hydrogen) atoms. The summed E-state index contributed by atoms with van der Waals surface area (Å²) in [6.45, 7) is 2.48. The van der Waals surface area contributed by atoms with Gasteiger partial charge in [0, 0.05) is 30.4 Å². The zero-order chi connectivity index (χ0) is 22.4. The Bertz CT molecular complexity index is 1110. The van der Waals surface area contributed by atoms with Crippen molar-refractivity contribution in [1.82, 2.24) is 15.1 Å². The molecule has 3 rings (SSSR count). The van der Waals surface area contributed by atoms with Gasteiger partial charge in [-0.25, -0.2) is 9.48 Å². The number of benzene rings is 2. The van der Waals surface area contributed by atoms with E-state index < -0.39 is 17.8 Å². The molecule has 3 aromatic rings. The van der Waals surface area contributed by atoms with Crippen LogP contribution in [0.1, 0.15) is 17.5 Å². The Morgan fingerprint density at radius 1 is 1.06 bits per heavy atom. The first-order valence-corrected chi connectivity index (χ1v) is 9.60. The summed E-state index contributed by atoms with van der Waals surface area (Å²) in [6, 6.07) is 14.6. The average molecular weight is 430 g/mol. The van der Waals surface area contributed by atoms with Gasteiger partial charge in [-0.1, -0.05) is 35.9 Å². The monoisotopic (exact) mass is 430 g/mol. The highest BCUT2D eigenvalue weighted by molar-refractivity contribution is 5.89. The van der Waals surface area contributed by atoms with E-state index in [1.807, 2.05) is 31.2 Å². The highest BCUT2D eigenvalue weighted by atomic mass is 19.4. The maximum absolute atomic E-state index is 12.7. The molecule has 0 spiro atoms. The number of urea groups is 1. The maximum Gasteiger partial charge on any atom is 0.416 e. The molecule has 2 aromatic carbocycles. The van der Waals surface area contributed by atoms with Crippen LogP contribution in [0.5, 0.6) is 0 Å². The molecule has 0 aliphatic heterocycles. The Labute approximate surface area is 176 Å². The fourth-order valence-electron chi connectivity index (χ4n) is 2.87. The molecule has 0 aliphatic carbocycles. The fraction of sp³-hybridized carbons (Fsp3) is 0.227. The fourth-order valence-corrected chi connectivity index (χ4v) is 2.87. The first-order valence-electron chi connectivity index (χ1n) is 9.60. The van der Waals surface area contributed by atoms with Gasteiger partial charge in [0.2, 0.25) is 0 Å². The predicted octanol–water partition coefficient (Wildman–Crippen LogP) is 4.45. The summed E-state index contributed by atoms with van der Waals surface area (Å²) in [7, 11) is 0. The van der Waals surface area contributed by atoms with Crippen LogP contribution in [0.3, 0.4) is 0 Å². The van der Waals surface area contributed by atoms with Crippen molar-refractivity contribution in [2.75, 3.05) is 11.9 Å². The third kappa shape index (κ3) is 6.18. The lowest BCUT2D eigenvalue weighted by atomic mass is 10.1. The Hall–Kier alpha value is -3.62. The van der Waals surface area contributed by atoms with Gasteiger partial charge in [-0.05, 0) is 37.6 Å². The summed E-state index contributed by atoms with van der Waals surface area (Å²) in [6.07, 6.45) is -4.07. The minimum absolute atomic E-state index is 0.0380. The predicted molar refractivity (Wildman–Crippen MR) is 112 cm³/mol. The molecule has 0 atom stereocenters. The maximum atomic E-state index is 12.7. The van der Waals surface area contributed by atoms with Crippen LogP contribution in [0.25, 0.3) is 11.3 Å². The van der Waals surface area contributed by atoms with Gasteiger partial charge in [0.1, 0.15) is 0 Å². The molecule has 0 fully saturated rings. The number of alkyl halides is 3. The van der Waals surface area contributed by atoms with Crippen LogP contribution in [0.2, 0.25) is 0 Å². The molecule has 6 nitrogen and oxygen atoms in total. The molecule has 0 radical (unpaired) electrons. The number of aromatic nitrogens is 2. The minimum Gasteiger partial charge on any atom is -0.338 e. The summed E-state index contributed by atoms with van der Waals surface area (Å²) in [5.41, 5.74) is 1.60. The second kappa shape index (κ2) is 9.46. The summed E-state index contributed by atoms with van der Waals surface area (Å²) < 4.78 is 39.5. The number of nitrogens with zero attached hydrogens (tertiary/aromatic N) is 2. The summed E-state index contributed by atoms with van der Waals surface area (Å²) in [5.74, 6) is 0. The Morgan fingerprint density at radius 2 is 1.81 bits per heavy atom. The van der Waals surface area contributed by atoms with Crippen LogP contribution < -0.4 is 16.2 Å². The van der Waals surface area contributed by atoms with Gasteiger partial charge in [-0.3, -0.25) is 4.79 Å². The molecule has 162 valence electrons. The van der Waals surface area contributed by atoms with E-state index in [-0.39, 0.29) is 24.3 Å². The van der Waals surface area contributed by atoms with Crippen molar-refractivity contribution in [3.8, 4) is 11.3 Å². The third-order valence-corrected chi connectivity index (χ3v) is 4.49. The van der Waals surface area contributed by atoms with Gasteiger partial charge < -0.3 is 10.6 Å². The molecule has 1 aromatic heterocycles. The number of aryl methyl sites for hydroxylation is 2. The quantitative estimate of drug-likeness (QED) is 0.568. The van der Waals surface area contributed by atoms with Crippen LogP contribution in [-0.2, 0) is 12.7 Å². The second-order valence-electron chi connectivity index (χ2n) is 6.96. The van der Waals surface area contributed by atoms with Crippen molar-refractivity contribution in [2.45, 2.75) is 26.1 Å². The van der Waals surface area contributed by atoms with Crippen LogP contribution in [0.15, 0.2) is 65.5 Å². The van der Waals surface area contributed by atoms with Crippen molar-refractivity contribution in [1.29, 1.82) is 0 Å². The van der Waals surface area contributed by atoms with E-state index in [2.05, 4.69) is 15.7 Å². The van der Waals surface area contributed by atoms with Gasteiger partial charge in [-0.15, -0.1) is 0 Å². The molecular weight excluding hydrogens is 409 g/mol. The second-order valence-corrected chi connectivity index (χ2v) is 6.96. The van der Waals surface area contributed by atoms with E-state index in [1.54, 1.807) is 6.07 Å². The smallest absolute Gasteiger partial charge is 0.338 e. The molecular formula is C22H21F3N4O2. The molecule has 0 saturated carbocycles. The topological polar surface area (TPSA) is 76.0 Å².